The molecule has 1 nitrogen and oxygen atoms in total. The minimum atomic E-state index is -0.100. The van der Waals surface area contributed by atoms with Crippen molar-refractivity contribution in [3.63, 3.8) is 0 Å². The number of hydrogen-bond acceptors (Lipinski definition) is 1. The van der Waals surface area contributed by atoms with Gasteiger partial charge in [0, 0.05) is 16.1 Å². The molecule has 1 aromatic rings. The van der Waals surface area contributed by atoms with Crippen molar-refractivity contribution in [2.45, 2.75) is 46.1 Å². The number of halogens is 2. The topological polar surface area (TPSA) is 12.0 Å². The van der Waals surface area contributed by atoms with Gasteiger partial charge in [-0.05, 0) is 49.3 Å². The summed E-state index contributed by atoms with van der Waals surface area (Å²) in [5, 5.41) is 3.52. The Kier molecular flexibility index (Phi) is 5.62. The Balaban J connectivity index is 2.27. The van der Waals surface area contributed by atoms with E-state index in [4.69, 9.17) is 0 Å². The lowest BCUT2D eigenvalue weighted by molar-refractivity contribution is 0.170. The molecule has 1 aliphatic carbocycles. The first-order chi connectivity index (χ1) is 9.54. The summed E-state index contributed by atoms with van der Waals surface area (Å²) in [7, 11) is 0. The van der Waals surface area contributed by atoms with Gasteiger partial charge in [0.15, 0.2) is 0 Å². The summed E-state index contributed by atoms with van der Waals surface area (Å²) in [4.78, 5) is 0. The monoisotopic (exact) mass is 341 g/mol. The van der Waals surface area contributed by atoms with Crippen LogP contribution >= 0.6 is 15.9 Å². The minimum absolute atomic E-state index is 0.100. The second kappa shape index (κ2) is 7.04. The van der Waals surface area contributed by atoms with E-state index >= 15 is 0 Å². The van der Waals surface area contributed by atoms with Gasteiger partial charge < -0.3 is 5.32 Å². The predicted octanol–water partition coefficient (Wildman–Crippen LogP) is 5.31. The van der Waals surface area contributed by atoms with Crippen molar-refractivity contribution in [3.8, 4) is 0 Å². The van der Waals surface area contributed by atoms with Crippen molar-refractivity contribution in [2.24, 2.45) is 17.8 Å². The first-order valence-corrected chi connectivity index (χ1v) is 8.51. The smallest absolute Gasteiger partial charge is 0.129 e. The molecule has 3 heteroatoms. The third-order valence-corrected chi connectivity index (χ3v) is 5.54. The van der Waals surface area contributed by atoms with Crippen LogP contribution in [0.1, 0.15) is 51.6 Å². The van der Waals surface area contributed by atoms with Crippen molar-refractivity contribution in [1.29, 1.82) is 0 Å². The molecule has 0 bridgehead atoms. The zero-order valence-electron chi connectivity index (χ0n) is 12.6. The van der Waals surface area contributed by atoms with Crippen molar-refractivity contribution in [3.05, 3.63) is 34.1 Å². The fourth-order valence-corrected chi connectivity index (χ4v) is 4.01. The molecular weight excluding hydrogens is 317 g/mol. The van der Waals surface area contributed by atoms with E-state index in [0.29, 0.717) is 5.92 Å². The minimum Gasteiger partial charge on any atom is -0.310 e. The molecule has 4 atom stereocenters. The largest absolute Gasteiger partial charge is 0.310 e. The van der Waals surface area contributed by atoms with Crippen molar-refractivity contribution in [2.75, 3.05) is 6.54 Å². The van der Waals surface area contributed by atoms with Crippen LogP contribution in [0.3, 0.4) is 0 Å². The van der Waals surface area contributed by atoms with Crippen LogP contribution in [0, 0.1) is 23.6 Å². The lowest BCUT2D eigenvalue weighted by atomic mass is 9.72. The van der Waals surface area contributed by atoms with Crippen LogP contribution < -0.4 is 5.32 Å². The van der Waals surface area contributed by atoms with Crippen LogP contribution in [0.2, 0.25) is 0 Å². The molecule has 4 unspecified atom stereocenters. The highest BCUT2D eigenvalue weighted by atomic mass is 79.9. The van der Waals surface area contributed by atoms with Crippen molar-refractivity contribution < 1.29 is 4.39 Å². The molecule has 1 aromatic carbocycles. The number of hydrogen-bond donors (Lipinski definition) is 1. The Bertz CT molecular complexity index is 428. The highest BCUT2D eigenvalue weighted by molar-refractivity contribution is 9.10. The van der Waals surface area contributed by atoms with Crippen LogP contribution in [0.25, 0.3) is 0 Å². The predicted molar refractivity (Wildman–Crippen MR) is 86.2 cm³/mol. The second-order valence-electron chi connectivity index (χ2n) is 6.20. The molecule has 0 heterocycles. The van der Waals surface area contributed by atoms with Gasteiger partial charge in [0.2, 0.25) is 0 Å². The summed E-state index contributed by atoms with van der Waals surface area (Å²) in [6.07, 6.45) is 3.61. The Labute approximate surface area is 130 Å². The maximum Gasteiger partial charge on any atom is 0.129 e. The zero-order chi connectivity index (χ0) is 14.7. The van der Waals surface area contributed by atoms with Crippen LogP contribution in [0.4, 0.5) is 4.39 Å². The zero-order valence-corrected chi connectivity index (χ0v) is 14.2. The van der Waals surface area contributed by atoms with Crippen LogP contribution in [-0.2, 0) is 0 Å². The number of rotatable bonds is 4. The van der Waals surface area contributed by atoms with Crippen LogP contribution in [0.15, 0.2) is 22.7 Å². The van der Waals surface area contributed by atoms with E-state index in [1.165, 1.54) is 19.3 Å². The maximum atomic E-state index is 14.3. The molecule has 112 valence electrons. The Morgan fingerprint density at radius 3 is 2.65 bits per heavy atom. The molecule has 1 fully saturated rings. The summed E-state index contributed by atoms with van der Waals surface area (Å²) in [6.45, 7) is 7.63. The number of nitrogens with one attached hydrogen (secondary N) is 1. The van der Waals surface area contributed by atoms with Gasteiger partial charge in [-0.15, -0.1) is 0 Å². The lowest BCUT2D eigenvalue weighted by Crippen LogP contribution is -2.34. The third-order valence-electron chi connectivity index (χ3n) is 4.84. The fraction of sp³-hybridized carbons (Fsp3) is 0.647. The summed E-state index contributed by atoms with van der Waals surface area (Å²) in [5.41, 5.74) is 0.807. The molecule has 2 rings (SSSR count). The second-order valence-corrected chi connectivity index (χ2v) is 7.05. The van der Waals surface area contributed by atoms with Gasteiger partial charge >= 0.3 is 0 Å². The Morgan fingerprint density at radius 2 is 2.05 bits per heavy atom. The average Bonchev–Trinajstić information content (AvgIpc) is 2.41. The fourth-order valence-electron chi connectivity index (χ4n) is 3.42. The molecule has 20 heavy (non-hydrogen) atoms. The molecule has 0 spiro atoms. The van der Waals surface area contributed by atoms with E-state index in [0.717, 1.165) is 28.4 Å². The third kappa shape index (κ3) is 3.43. The first-order valence-electron chi connectivity index (χ1n) is 7.71. The van der Waals surface area contributed by atoms with E-state index < -0.39 is 0 Å². The molecule has 1 aliphatic rings. The van der Waals surface area contributed by atoms with E-state index in [-0.39, 0.29) is 11.9 Å². The summed E-state index contributed by atoms with van der Waals surface area (Å²) in [5.74, 6) is 1.93. The molecule has 1 N–H and O–H groups in total. The molecule has 0 aromatic heterocycles. The van der Waals surface area contributed by atoms with Crippen LogP contribution in [0.5, 0.6) is 0 Å². The molecule has 0 amide bonds. The maximum absolute atomic E-state index is 14.3. The lowest BCUT2D eigenvalue weighted by Gasteiger charge is -2.37. The van der Waals surface area contributed by atoms with E-state index in [2.05, 4.69) is 42.0 Å². The molecule has 1 saturated carbocycles. The molecular formula is C17H25BrFN. The first kappa shape index (κ1) is 16.0. The van der Waals surface area contributed by atoms with Gasteiger partial charge in [-0.2, -0.15) is 0 Å². The van der Waals surface area contributed by atoms with E-state index in [1.54, 1.807) is 12.1 Å². The van der Waals surface area contributed by atoms with Gasteiger partial charge in [-0.3, -0.25) is 0 Å². The summed E-state index contributed by atoms with van der Waals surface area (Å²) >= 11 is 3.53. The summed E-state index contributed by atoms with van der Waals surface area (Å²) < 4.78 is 15.2. The van der Waals surface area contributed by atoms with Crippen LogP contribution in [-0.4, -0.2) is 6.54 Å². The average molecular weight is 342 g/mol. The standard InChI is InChI=1S/C17H25BrFN/c1-4-20-17(13-9-8-11(2)12(3)10-13)16-14(18)6-5-7-15(16)19/h5-7,11-13,17,20H,4,8-10H2,1-3H3. The van der Waals surface area contributed by atoms with Crippen molar-refractivity contribution >= 4 is 15.9 Å². The Morgan fingerprint density at radius 1 is 1.30 bits per heavy atom. The van der Waals surface area contributed by atoms with E-state index in [1.807, 2.05) is 6.07 Å². The quantitative estimate of drug-likeness (QED) is 0.782. The summed E-state index contributed by atoms with van der Waals surface area (Å²) in [6, 6.07) is 5.39. The van der Waals surface area contributed by atoms with E-state index in [9.17, 15) is 4.39 Å². The highest BCUT2D eigenvalue weighted by Gasteiger charge is 2.32. The Hall–Kier alpha value is -0.410. The molecule has 0 saturated heterocycles. The van der Waals surface area contributed by atoms with Gasteiger partial charge in [0.05, 0.1) is 0 Å². The molecule has 0 aliphatic heterocycles. The van der Waals surface area contributed by atoms with Crippen molar-refractivity contribution in [1.82, 2.24) is 5.32 Å². The SMILES string of the molecule is CCNC(c1c(F)cccc1Br)C1CCC(C)C(C)C1. The van der Waals surface area contributed by atoms with Gasteiger partial charge in [0.25, 0.3) is 0 Å². The normalized spacial score (nSPS) is 28.4. The van der Waals surface area contributed by atoms with Gasteiger partial charge in [-0.1, -0.05) is 49.2 Å². The van der Waals surface area contributed by atoms with Gasteiger partial charge in [-0.25, -0.2) is 4.39 Å². The van der Waals surface area contributed by atoms with Gasteiger partial charge in [0.1, 0.15) is 5.82 Å². The highest BCUT2D eigenvalue weighted by Crippen LogP contribution is 2.42. The number of benzene rings is 1. The molecule has 0 radical (unpaired) electrons.